The lowest BCUT2D eigenvalue weighted by Gasteiger charge is -2.42. The van der Waals surface area contributed by atoms with Crippen LogP contribution in [0.2, 0.25) is 0 Å². The molecule has 5 rings (SSSR count). The van der Waals surface area contributed by atoms with Gasteiger partial charge in [0.25, 0.3) is 0 Å². The number of benzene rings is 4. The zero-order chi connectivity index (χ0) is 19.8. The van der Waals surface area contributed by atoms with Crippen molar-refractivity contribution in [2.75, 3.05) is 13.1 Å². The molecule has 0 unspecified atom stereocenters. The Morgan fingerprint density at radius 2 is 1.14 bits per heavy atom. The second-order valence-electron chi connectivity index (χ2n) is 8.23. The molecule has 0 saturated carbocycles. The lowest BCUT2D eigenvalue weighted by Crippen LogP contribution is -2.49. The highest BCUT2D eigenvalue weighted by molar-refractivity contribution is 5.87. The molecule has 0 saturated heterocycles. The molecule has 0 spiro atoms. The summed E-state index contributed by atoms with van der Waals surface area (Å²) in [5, 5.41) is 5.32. The van der Waals surface area contributed by atoms with Gasteiger partial charge in [-0.05, 0) is 35.4 Å². The van der Waals surface area contributed by atoms with Crippen LogP contribution < -0.4 is 0 Å². The quantitative estimate of drug-likeness (QED) is 0.351. The van der Waals surface area contributed by atoms with Crippen molar-refractivity contribution in [2.45, 2.75) is 25.9 Å². The number of rotatable bonds is 4. The van der Waals surface area contributed by atoms with Crippen LogP contribution in [0.25, 0.3) is 21.5 Å². The Kier molecular flexibility index (Phi) is 4.44. The summed E-state index contributed by atoms with van der Waals surface area (Å²) in [7, 11) is 0. The third kappa shape index (κ3) is 2.87. The summed E-state index contributed by atoms with van der Waals surface area (Å²) < 4.78 is 0.863. The number of fused-ring (bicyclic) bond motifs is 2. The summed E-state index contributed by atoms with van der Waals surface area (Å²) in [4.78, 5) is 4.74. The van der Waals surface area contributed by atoms with Crippen LogP contribution in [0.3, 0.4) is 0 Å². The molecule has 0 bridgehead atoms. The van der Waals surface area contributed by atoms with Crippen molar-refractivity contribution in [2.24, 2.45) is 4.99 Å². The molecule has 2 nitrogen and oxygen atoms in total. The zero-order valence-electron chi connectivity index (χ0n) is 17.1. The van der Waals surface area contributed by atoms with Crippen molar-refractivity contribution in [3.05, 3.63) is 96.1 Å². The Morgan fingerprint density at radius 3 is 1.62 bits per heavy atom. The standard InChI is InChI=1S/C27H27N2/c1-20(24-15-7-11-22-9-3-5-13-26(22)24)29(18-17-28-19-29)21(2)25-16-8-12-23-10-4-6-14-27(23)25/h3-16,19-21H,17-18H2,1-2H3/q+1/t20-,21-/m1/s1. The first-order valence-electron chi connectivity index (χ1n) is 10.5. The van der Waals surface area contributed by atoms with E-state index in [0.29, 0.717) is 12.1 Å². The summed E-state index contributed by atoms with van der Waals surface area (Å²) >= 11 is 0. The van der Waals surface area contributed by atoms with Gasteiger partial charge in [0.2, 0.25) is 0 Å². The van der Waals surface area contributed by atoms with E-state index in [1.54, 1.807) is 0 Å². The molecular formula is C27H27N2+. The van der Waals surface area contributed by atoms with Gasteiger partial charge in [0.05, 0.1) is 6.54 Å². The van der Waals surface area contributed by atoms with Crippen LogP contribution in [0, 0.1) is 0 Å². The van der Waals surface area contributed by atoms with Gasteiger partial charge >= 0.3 is 0 Å². The van der Waals surface area contributed by atoms with Crippen LogP contribution in [0.4, 0.5) is 0 Å². The fourth-order valence-corrected chi connectivity index (χ4v) is 5.17. The summed E-state index contributed by atoms with van der Waals surface area (Å²) in [6, 6.07) is 31.5. The molecule has 4 aromatic carbocycles. The molecule has 0 N–H and O–H groups in total. The maximum Gasteiger partial charge on any atom is 0.186 e. The highest BCUT2D eigenvalue weighted by Gasteiger charge is 2.43. The van der Waals surface area contributed by atoms with Crippen LogP contribution >= 0.6 is 0 Å². The fourth-order valence-electron chi connectivity index (χ4n) is 5.17. The van der Waals surface area contributed by atoms with E-state index < -0.39 is 0 Å². The van der Waals surface area contributed by atoms with Crippen LogP contribution in [0.15, 0.2) is 89.9 Å². The van der Waals surface area contributed by atoms with Gasteiger partial charge in [0.15, 0.2) is 6.34 Å². The van der Waals surface area contributed by atoms with E-state index in [4.69, 9.17) is 4.99 Å². The predicted octanol–water partition coefficient (Wildman–Crippen LogP) is 6.67. The number of hydrogen-bond donors (Lipinski definition) is 0. The minimum Gasteiger partial charge on any atom is -0.268 e. The SMILES string of the molecule is C[C@H](c1cccc2ccccc12)[N+]1([C@H](C)c2cccc3ccccc23)C=NCC1. The molecule has 2 atom stereocenters. The fraction of sp³-hybridized carbons (Fsp3) is 0.222. The zero-order valence-corrected chi connectivity index (χ0v) is 17.1. The molecule has 29 heavy (non-hydrogen) atoms. The average Bonchev–Trinajstić information content (AvgIpc) is 3.28. The first-order chi connectivity index (χ1) is 14.2. The maximum atomic E-state index is 4.74. The van der Waals surface area contributed by atoms with Crippen molar-refractivity contribution < 1.29 is 4.48 Å². The van der Waals surface area contributed by atoms with Crippen LogP contribution in [-0.2, 0) is 0 Å². The molecule has 2 heteroatoms. The summed E-state index contributed by atoms with van der Waals surface area (Å²) in [6.45, 7) is 6.68. The molecule has 0 radical (unpaired) electrons. The van der Waals surface area contributed by atoms with Crippen molar-refractivity contribution in [1.82, 2.24) is 0 Å². The van der Waals surface area contributed by atoms with Crippen molar-refractivity contribution in [3.8, 4) is 0 Å². The molecule has 0 aliphatic carbocycles. The normalized spacial score (nSPS) is 17.6. The number of nitrogens with zero attached hydrogens (tertiary/aromatic N) is 2. The van der Waals surface area contributed by atoms with Gasteiger partial charge in [0, 0.05) is 11.1 Å². The maximum absolute atomic E-state index is 4.74. The molecule has 1 heterocycles. The molecule has 1 aliphatic rings. The van der Waals surface area contributed by atoms with Gasteiger partial charge in [-0.15, -0.1) is 0 Å². The van der Waals surface area contributed by atoms with Gasteiger partial charge < -0.3 is 0 Å². The van der Waals surface area contributed by atoms with Crippen LogP contribution in [-0.4, -0.2) is 23.9 Å². The van der Waals surface area contributed by atoms with Crippen molar-refractivity contribution in [3.63, 3.8) is 0 Å². The van der Waals surface area contributed by atoms with E-state index in [-0.39, 0.29) is 0 Å². The van der Waals surface area contributed by atoms with Crippen molar-refractivity contribution >= 4 is 27.9 Å². The molecule has 1 aliphatic heterocycles. The van der Waals surface area contributed by atoms with E-state index in [1.165, 1.54) is 32.7 Å². The van der Waals surface area contributed by atoms with Gasteiger partial charge in [-0.2, -0.15) is 0 Å². The minimum atomic E-state index is 0.321. The molecule has 4 aromatic rings. The van der Waals surface area contributed by atoms with Gasteiger partial charge in [-0.1, -0.05) is 84.9 Å². The van der Waals surface area contributed by atoms with E-state index in [2.05, 4.69) is 105 Å². The molecular weight excluding hydrogens is 352 g/mol. The van der Waals surface area contributed by atoms with E-state index in [9.17, 15) is 0 Å². The third-order valence-corrected chi connectivity index (χ3v) is 6.90. The summed E-state index contributed by atoms with van der Waals surface area (Å²) in [5.74, 6) is 0. The first kappa shape index (κ1) is 18.1. The predicted molar refractivity (Wildman–Crippen MR) is 123 cm³/mol. The summed E-state index contributed by atoms with van der Waals surface area (Å²) in [5.41, 5.74) is 2.81. The van der Waals surface area contributed by atoms with Gasteiger partial charge in [-0.3, -0.25) is 4.48 Å². The number of hydrogen-bond acceptors (Lipinski definition) is 1. The second kappa shape index (κ2) is 7.13. The smallest absolute Gasteiger partial charge is 0.186 e. The summed E-state index contributed by atoms with van der Waals surface area (Å²) in [6.07, 6.45) is 2.22. The topological polar surface area (TPSA) is 12.4 Å². The monoisotopic (exact) mass is 379 g/mol. The van der Waals surface area contributed by atoms with E-state index >= 15 is 0 Å². The Balaban J connectivity index is 1.66. The highest BCUT2D eigenvalue weighted by Crippen LogP contribution is 2.42. The van der Waals surface area contributed by atoms with Gasteiger partial charge in [-0.25, -0.2) is 4.99 Å². The number of quaternary nitrogens is 1. The Bertz CT molecular complexity index is 1110. The highest BCUT2D eigenvalue weighted by atomic mass is 15.4. The Morgan fingerprint density at radius 1 is 0.655 bits per heavy atom. The number of aliphatic imine (C=N–C) groups is 1. The largest absolute Gasteiger partial charge is 0.268 e. The second-order valence-corrected chi connectivity index (χ2v) is 8.23. The lowest BCUT2D eigenvalue weighted by atomic mass is 9.92. The van der Waals surface area contributed by atoms with E-state index in [1.807, 2.05) is 0 Å². The third-order valence-electron chi connectivity index (χ3n) is 6.90. The lowest BCUT2D eigenvalue weighted by molar-refractivity contribution is -0.888. The van der Waals surface area contributed by atoms with Crippen LogP contribution in [0.1, 0.15) is 37.1 Å². The Hall–Kier alpha value is -2.97. The average molecular weight is 380 g/mol. The molecule has 0 amide bonds. The molecule has 0 aromatic heterocycles. The van der Waals surface area contributed by atoms with Crippen molar-refractivity contribution in [1.29, 1.82) is 0 Å². The Labute approximate surface area is 172 Å². The molecule has 144 valence electrons. The minimum absolute atomic E-state index is 0.321. The van der Waals surface area contributed by atoms with E-state index in [0.717, 1.165) is 17.6 Å². The molecule has 0 fully saturated rings. The first-order valence-corrected chi connectivity index (χ1v) is 10.5. The van der Waals surface area contributed by atoms with Gasteiger partial charge in [0.1, 0.15) is 18.6 Å². The van der Waals surface area contributed by atoms with Crippen LogP contribution in [0.5, 0.6) is 0 Å².